The molecule has 0 saturated heterocycles. The van der Waals surface area contributed by atoms with E-state index in [9.17, 15) is 9.13 Å². The molecule has 0 heterocycles. The summed E-state index contributed by atoms with van der Waals surface area (Å²) in [6.07, 6.45) is 0. The quantitative estimate of drug-likeness (QED) is 0.395. The molecule has 0 aromatic rings. The maximum absolute atomic E-state index is 10.2. The van der Waals surface area contributed by atoms with Crippen LogP contribution in [0.15, 0.2) is 0 Å². The van der Waals surface area contributed by atoms with Gasteiger partial charge in [0.2, 0.25) is 0 Å². The van der Waals surface area contributed by atoms with Gasteiger partial charge in [-0.25, -0.2) is 9.13 Å². The van der Waals surface area contributed by atoms with Crippen molar-refractivity contribution in [2.75, 3.05) is 7.11 Å². The standard InChI is InChI=1S/CH6O7P2.3Na.3H/c1-7-10(5,6)8-9(2,3)4;;;;;;/h1H3,(H,5,6)(H2,2,3,4);;;;;;. The molecule has 1 unspecified atom stereocenters. The monoisotopic (exact) mass is 264 g/mol. The Morgan fingerprint density at radius 2 is 1.31 bits per heavy atom. The van der Waals surface area contributed by atoms with Gasteiger partial charge in [-0.2, -0.15) is 4.31 Å². The van der Waals surface area contributed by atoms with Crippen molar-refractivity contribution >= 4 is 104 Å². The number of hydrogen-bond donors (Lipinski definition) is 3. The van der Waals surface area contributed by atoms with Gasteiger partial charge in [-0.1, -0.05) is 0 Å². The summed E-state index contributed by atoms with van der Waals surface area (Å²) in [6, 6.07) is 0. The minimum atomic E-state index is -4.94. The molecule has 3 N–H and O–H groups in total. The van der Waals surface area contributed by atoms with Gasteiger partial charge in [-0.05, 0) is 0 Å². The van der Waals surface area contributed by atoms with Crippen LogP contribution in [0.5, 0.6) is 0 Å². The topological polar surface area (TPSA) is 113 Å². The van der Waals surface area contributed by atoms with Crippen LogP contribution < -0.4 is 0 Å². The molecular weight excluding hydrogens is 255 g/mol. The molecular formula is CH9Na3O7P2. The first-order valence-electron chi connectivity index (χ1n) is 1.92. The molecule has 0 spiro atoms. The summed E-state index contributed by atoms with van der Waals surface area (Å²) < 4.78 is 27.1. The first-order valence-corrected chi connectivity index (χ1v) is 4.95. The third-order valence-electron chi connectivity index (χ3n) is 0.440. The molecule has 0 amide bonds. The van der Waals surface area contributed by atoms with Crippen molar-refractivity contribution in [2.45, 2.75) is 0 Å². The number of phosphoric acid groups is 2. The predicted molar refractivity (Wildman–Crippen MR) is 51.4 cm³/mol. The van der Waals surface area contributed by atoms with Gasteiger partial charge in [0, 0.05) is 7.11 Å². The fraction of sp³-hybridized carbons (Fsp3) is 1.00. The fourth-order valence-corrected chi connectivity index (χ4v) is 1.51. The first-order chi connectivity index (χ1) is 4.27. The first kappa shape index (κ1) is 25.2. The second kappa shape index (κ2) is 10.4. The van der Waals surface area contributed by atoms with E-state index in [0.29, 0.717) is 0 Å². The second-order valence-electron chi connectivity index (χ2n) is 1.22. The molecule has 0 aliphatic rings. The second-order valence-corrected chi connectivity index (χ2v) is 4.16. The Labute approximate surface area is 142 Å². The minimum absolute atomic E-state index is 0. The van der Waals surface area contributed by atoms with Crippen molar-refractivity contribution in [1.82, 2.24) is 0 Å². The van der Waals surface area contributed by atoms with E-state index in [-0.39, 0.29) is 88.7 Å². The van der Waals surface area contributed by atoms with Gasteiger partial charge in [-0.15, -0.1) is 0 Å². The summed E-state index contributed by atoms with van der Waals surface area (Å²) >= 11 is 0. The summed E-state index contributed by atoms with van der Waals surface area (Å²) in [4.78, 5) is 24.2. The van der Waals surface area contributed by atoms with E-state index < -0.39 is 15.6 Å². The molecule has 0 aliphatic heterocycles. The van der Waals surface area contributed by atoms with Crippen molar-refractivity contribution in [3.63, 3.8) is 0 Å². The van der Waals surface area contributed by atoms with Gasteiger partial charge in [0.05, 0.1) is 0 Å². The Morgan fingerprint density at radius 3 is 1.38 bits per heavy atom. The van der Waals surface area contributed by atoms with Crippen molar-refractivity contribution in [3.05, 3.63) is 0 Å². The molecule has 0 aromatic heterocycles. The zero-order valence-electron chi connectivity index (χ0n) is 4.87. The summed E-state index contributed by atoms with van der Waals surface area (Å²) in [7, 11) is -8.71. The van der Waals surface area contributed by atoms with Crippen LogP contribution in [0.2, 0.25) is 0 Å². The molecule has 0 aliphatic carbocycles. The molecule has 0 radical (unpaired) electrons. The molecule has 0 bridgehead atoms. The van der Waals surface area contributed by atoms with Gasteiger partial charge in [0.15, 0.2) is 0 Å². The zero-order valence-corrected chi connectivity index (χ0v) is 6.66. The Balaban J connectivity index is -0.000000135. The van der Waals surface area contributed by atoms with Crippen LogP contribution in [0.4, 0.5) is 0 Å². The molecule has 0 aromatic carbocycles. The van der Waals surface area contributed by atoms with Crippen LogP contribution in [0.1, 0.15) is 0 Å². The average molecular weight is 264 g/mol. The van der Waals surface area contributed by atoms with Gasteiger partial charge in [0.1, 0.15) is 0 Å². The molecule has 0 saturated carbocycles. The van der Waals surface area contributed by atoms with E-state index in [4.69, 9.17) is 14.7 Å². The molecule has 13 heavy (non-hydrogen) atoms. The van der Waals surface area contributed by atoms with E-state index in [1.807, 2.05) is 0 Å². The third-order valence-corrected chi connectivity index (χ3v) is 2.58. The Kier molecular flexibility index (Phi) is 20.2. The fourth-order valence-electron chi connectivity index (χ4n) is 0.168. The molecule has 12 heteroatoms. The van der Waals surface area contributed by atoms with Crippen LogP contribution >= 0.6 is 15.6 Å². The van der Waals surface area contributed by atoms with Crippen LogP contribution in [0.3, 0.4) is 0 Å². The molecule has 0 fully saturated rings. The van der Waals surface area contributed by atoms with Crippen LogP contribution in [0, 0.1) is 0 Å². The molecule has 0 rings (SSSR count). The van der Waals surface area contributed by atoms with Crippen LogP contribution in [-0.4, -0.2) is 110 Å². The van der Waals surface area contributed by atoms with Gasteiger partial charge in [-0.3, -0.25) is 4.52 Å². The SMILES string of the molecule is COP(=O)(O)OP(=O)(O)O.[NaH].[NaH].[NaH]. The zero-order chi connectivity index (χ0) is 8.41. The Bertz CT molecular complexity index is 200. The van der Waals surface area contributed by atoms with Gasteiger partial charge < -0.3 is 14.7 Å². The summed E-state index contributed by atoms with van der Waals surface area (Å²) in [5.41, 5.74) is 0. The van der Waals surface area contributed by atoms with Crippen molar-refractivity contribution < 1.29 is 32.6 Å². The Hall–Kier alpha value is 3.26. The van der Waals surface area contributed by atoms with Crippen molar-refractivity contribution in [3.8, 4) is 0 Å². The summed E-state index contributed by atoms with van der Waals surface area (Å²) in [5.74, 6) is 0. The van der Waals surface area contributed by atoms with Gasteiger partial charge >= 0.3 is 104 Å². The third kappa shape index (κ3) is 17.9. The van der Waals surface area contributed by atoms with E-state index >= 15 is 0 Å². The normalized spacial score (nSPS) is 14.2. The van der Waals surface area contributed by atoms with Crippen molar-refractivity contribution in [1.29, 1.82) is 0 Å². The maximum atomic E-state index is 10.2. The number of rotatable bonds is 3. The average Bonchev–Trinajstić information content (AvgIpc) is 1.60. The molecule has 7 nitrogen and oxygen atoms in total. The molecule has 68 valence electrons. The Morgan fingerprint density at radius 1 is 1.00 bits per heavy atom. The van der Waals surface area contributed by atoms with Crippen LogP contribution in [0.25, 0.3) is 0 Å². The van der Waals surface area contributed by atoms with E-state index in [1.54, 1.807) is 0 Å². The van der Waals surface area contributed by atoms with E-state index in [0.717, 1.165) is 7.11 Å². The number of hydrogen-bond acceptors (Lipinski definition) is 4. The number of phosphoric ester groups is 1. The predicted octanol–water partition coefficient (Wildman–Crippen LogP) is -2.10. The van der Waals surface area contributed by atoms with Crippen molar-refractivity contribution in [2.24, 2.45) is 0 Å². The van der Waals surface area contributed by atoms with Gasteiger partial charge in [0.25, 0.3) is 0 Å². The summed E-state index contributed by atoms with van der Waals surface area (Å²) in [6.45, 7) is 0. The van der Waals surface area contributed by atoms with E-state index in [1.165, 1.54) is 0 Å². The molecule has 1 atom stereocenters. The van der Waals surface area contributed by atoms with Crippen LogP contribution in [-0.2, 0) is 18.0 Å². The summed E-state index contributed by atoms with van der Waals surface area (Å²) in [5, 5.41) is 0. The van der Waals surface area contributed by atoms with E-state index in [2.05, 4.69) is 8.83 Å².